The smallest absolute Gasteiger partial charge is 0.123 e. The molecule has 1 atom stereocenters. The molecule has 2 rings (SSSR count). The van der Waals surface area contributed by atoms with Crippen molar-refractivity contribution in [2.45, 2.75) is 32.3 Å². The van der Waals surface area contributed by atoms with Crippen molar-refractivity contribution < 1.29 is 4.74 Å². The summed E-state index contributed by atoms with van der Waals surface area (Å²) >= 11 is 12.1. The summed E-state index contributed by atoms with van der Waals surface area (Å²) in [6.07, 6.45) is 3.14. The molecule has 0 saturated heterocycles. The highest BCUT2D eigenvalue weighted by atomic mass is 35.5. The lowest BCUT2D eigenvalue weighted by molar-refractivity contribution is 0.157. The van der Waals surface area contributed by atoms with E-state index in [0.29, 0.717) is 11.8 Å². The highest BCUT2D eigenvalue weighted by Crippen LogP contribution is 2.37. The number of hydrogen-bond acceptors (Lipinski definition) is 1. The van der Waals surface area contributed by atoms with Crippen LogP contribution in [0.4, 0.5) is 0 Å². The summed E-state index contributed by atoms with van der Waals surface area (Å²) in [7, 11) is 0. The lowest BCUT2D eigenvalue weighted by atomic mass is 9.83. The van der Waals surface area contributed by atoms with E-state index < -0.39 is 0 Å². The predicted octanol–water partition coefficient (Wildman–Crippen LogP) is 4.25. The fourth-order valence-corrected chi connectivity index (χ4v) is 3.21. The monoisotopic (exact) mass is 272 g/mol. The molecule has 0 amide bonds. The summed E-state index contributed by atoms with van der Waals surface area (Å²) in [6, 6.07) is 8.23. The third kappa shape index (κ3) is 2.71. The SMILES string of the molecule is CCC(CCl)(CCl)CC1Cc2ccccc2O1. The van der Waals surface area contributed by atoms with E-state index >= 15 is 0 Å². The number of ether oxygens (including phenoxy) is 1. The molecule has 17 heavy (non-hydrogen) atoms. The minimum atomic E-state index is 0.00974. The zero-order valence-corrected chi connectivity index (χ0v) is 11.6. The summed E-state index contributed by atoms with van der Waals surface area (Å²) < 4.78 is 5.95. The first-order valence-corrected chi connectivity index (χ1v) is 7.16. The fourth-order valence-electron chi connectivity index (χ4n) is 2.33. The first-order chi connectivity index (χ1) is 8.23. The molecule has 1 aliphatic rings. The number of para-hydroxylation sites is 1. The van der Waals surface area contributed by atoms with Gasteiger partial charge < -0.3 is 4.74 Å². The van der Waals surface area contributed by atoms with Gasteiger partial charge in [-0.15, -0.1) is 23.2 Å². The molecule has 0 bridgehead atoms. The van der Waals surface area contributed by atoms with Gasteiger partial charge in [0.25, 0.3) is 0 Å². The van der Waals surface area contributed by atoms with Gasteiger partial charge in [-0.2, -0.15) is 0 Å². The molecule has 1 aromatic carbocycles. The largest absolute Gasteiger partial charge is 0.490 e. The Balaban J connectivity index is 2.04. The predicted molar refractivity (Wildman–Crippen MR) is 73.3 cm³/mol. The van der Waals surface area contributed by atoms with Gasteiger partial charge in [-0.25, -0.2) is 0 Å². The molecule has 0 aromatic heterocycles. The minimum absolute atomic E-state index is 0.00974. The van der Waals surface area contributed by atoms with Crippen molar-refractivity contribution in [3.63, 3.8) is 0 Å². The molecule has 1 aliphatic heterocycles. The van der Waals surface area contributed by atoms with Crippen molar-refractivity contribution in [3.8, 4) is 5.75 Å². The van der Waals surface area contributed by atoms with Crippen LogP contribution in [-0.2, 0) is 6.42 Å². The van der Waals surface area contributed by atoms with Crippen LogP contribution in [0.25, 0.3) is 0 Å². The Bertz CT molecular complexity index is 341. The van der Waals surface area contributed by atoms with Gasteiger partial charge in [-0.1, -0.05) is 25.1 Å². The van der Waals surface area contributed by atoms with E-state index in [1.165, 1.54) is 5.56 Å². The second-order valence-corrected chi connectivity index (χ2v) is 5.41. The van der Waals surface area contributed by atoms with Crippen LogP contribution < -0.4 is 4.74 Å². The number of halogens is 2. The van der Waals surface area contributed by atoms with E-state index in [-0.39, 0.29) is 11.5 Å². The van der Waals surface area contributed by atoms with Crippen LogP contribution in [0.1, 0.15) is 25.3 Å². The maximum Gasteiger partial charge on any atom is 0.123 e. The number of fused-ring (bicyclic) bond motifs is 1. The van der Waals surface area contributed by atoms with Gasteiger partial charge in [0.05, 0.1) is 0 Å². The van der Waals surface area contributed by atoms with Crippen LogP contribution in [0.3, 0.4) is 0 Å². The van der Waals surface area contributed by atoms with Gasteiger partial charge in [0, 0.05) is 23.6 Å². The van der Waals surface area contributed by atoms with Gasteiger partial charge in [-0.05, 0) is 24.5 Å². The lowest BCUT2D eigenvalue weighted by Crippen LogP contribution is -2.31. The average molecular weight is 273 g/mol. The standard InChI is InChI=1S/C14H18Cl2O/c1-2-14(9-15,10-16)8-12-7-11-5-3-4-6-13(11)17-12/h3-6,12H,2,7-10H2,1H3. The normalized spacial score (nSPS) is 18.9. The first-order valence-electron chi connectivity index (χ1n) is 6.09. The Hall–Kier alpha value is -0.400. The third-order valence-corrected chi connectivity index (χ3v) is 4.83. The second-order valence-electron chi connectivity index (χ2n) is 4.88. The van der Waals surface area contributed by atoms with E-state index in [4.69, 9.17) is 27.9 Å². The average Bonchev–Trinajstić information content (AvgIpc) is 2.78. The Kier molecular flexibility index (Phi) is 4.22. The quantitative estimate of drug-likeness (QED) is 0.728. The highest BCUT2D eigenvalue weighted by Gasteiger charge is 2.33. The third-order valence-electron chi connectivity index (χ3n) is 3.69. The van der Waals surface area contributed by atoms with Crippen LogP contribution in [0.5, 0.6) is 5.75 Å². The molecular formula is C14H18Cl2O. The van der Waals surface area contributed by atoms with Gasteiger partial charge in [0.15, 0.2) is 0 Å². The van der Waals surface area contributed by atoms with Crippen molar-refractivity contribution in [1.82, 2.24) is 0 Å². The van der Waals surface area contributed by atoms with E-state index in [2.05, 4.69) is 19.1 Å². The van der Waals surface area contributed by atoms with Gasteiger partial charge >= 0.3 is 0 Å². The lowest BCUT2D eigenvalue weighted by Gasteiger charge is -2.30. The summed E-state index contributed by atoms with van der Waals surface area (Å²) in [5.41, 5.74) is 1.31. The molecule has 3 heteroatoms. The fraction of sp³-hybridized carbons (Fsp3) is 0.571. The van der Waals surface area contributed by atoms with E-state index in [1.807, 2.05) is 12.1 Å². The van der Waals surface area contributed by atoms with E-state index in [1.54, 1.807) is 0 Å². The molecule has 1 nitrogen and oxygen atoms in total. The molecule has 0 saturated carbocycles. The molecular weight excluding hydrogens is 255 g/mol. The number of rotatable bonds is 5. The van der Waals surface area contributed by atoms with E-state index in [0.717, 1.165) is 25.0 Å². The minimum Gasteiger partial charge on any atom is -0.490 e. The molecule has 0 fully saturated rings. The zero-order chi connectivity index (χ0) is 12.3. The summed E-state index contributed by atoms with van der Waals surface area (Å²) in [6.45, 7) is 2.15. The highest BCUT2D eigenvalue weighted by molar-refractivity contribution is 6.21. The molecule has 94 valence electrons. The van der Waals surface area contributed by atoms with Crippen molar-refractivity contribution in [2.75, 3.05) is 11.8 Å². The van der Waals surface area contributed by atoms with Crippen LogP contribution in [-0.4, -0.2) is 17.9 Å². The number of hydrogen-bond donors (Lipinski definition) is 0. The maximum absolute atomic E-state index is 6.07. The topological polar surface area (TPSA) is 9.23 Å². The Morgan fingerprint density at radius 3 is 2.59 bits per heavy atom. The zero-order valence-electron chi connectivity index (χ0n) is 10.1. The maximum atomic E-state index is 6.07. The van der Waals surface area contributed by atoms with Gasteiger partial charge in [0.2, 0.25) is 0 Å². The molecule has 0 aliphatic carbocycles. The van der Waals surface area contributed by atoms with Crippen molar-refractivity contribution >= 4 is 23.2 Å². The molecule has 1 unspecified atom stereocenters. The van der Waals surface area contributed by atoms with E-state index in [9.17, 15) is 0 Å². The molecule has 1 heterocycles. The molecule has 0 radical (unpaired) electrons. The van der Waals surface area contributed by atoms with Crippen LogP contribution in [0.2, 0.25) is 0 Å². The number of benzene rings is 1. The van der Waals surface area contributed by atoms with Crippen molar-refractivity contribution in [2.24, 2.45) is 5.41 Å². The number of alkyl halides is 2. The van der Waals surface area contributed by atoms with Crippen LogP contribution in [0.15, 0.2) is 24.3 Å². The Morgan fingerprint density at radius 2 is 2.00 bits per heavy atom. The second kappa shape index (κ2) is 5.49. The van der Waals surface area contributed by atoms with Gasteiger partial charge in [-0.3, -0.25) is 0 Å². The summed E-state index contributed by atoms with van der Waals surface area (Å²) in [4.78, 5) is 0. The Morgan fingerprint density at radius 1 is 1.29 bits per heavy atom. The summed E-state index contributed by atoms with van der Waals surface area (Å²) in [5.74, 6) is 2.22. The van der Waals surface area contributed by atoms with Crippen molar-refractivity contribution in [1.29, 1.82) is 0 Å². The Labute approximate surface area is 113 Å². The molecule has 0 N–H and O–H groups in total. The van der Waals surface area contributed by atoms with Crippen LogP contribution in [0, 0.1) is 5.41 Å². The molecule has 0 spiro atoms. The molecule has 1 aromatic rings. The van der Waals surface area contributed by atoms with Gasteiger partial charge in [0.1, 0.15) is 11.9 Å². The first kappa shape index (κ1) is 13.0. The van der Waals surface area contributed by atoms with Crippen molar-refractivity contribution in [3.05, 3.63) is 29.8 Å². The van der Waals surface area contributed by atoms with Crippen LogP contribution >= 0.6 is 23.2 Å². The summed E-state index contributed by atoms with van der Waals surface area (Å²) in [5, 5.41) is 0.